The van der Waals surface area contributed by atoms with E-state index in [9.17, 15) is 13.2 Å². The molecule has 0 aliphatic heterocycles. The molecule has 1 heterocycles. The molecule has 1 aromatic carbocycles. The summed E-state index contributed by atoms with van der Waals surface area (Å²) >= 11 is 5.67. The van der Waals surface area contributed by atoms with Gasteiger partial charge in [-0.15, -0.1) is 0 Å². The number of hydrogen-bond acceptors (Lipinski definition) is 4. The molecule has 2 rings (SSSR count). The molecule has 2 aromatic rings. The van der Waals surface area contributed by atoms with E-state index in [4.69, 9.17) is 16.7 Å². The van der Waals surface area contributed by atoms with E-state index in [-0.39, 0.29) is 10.8 Å². The first-order valence-electron chi connectivity index (χ1n) is 6.32. The van der Waals surface area contributed by atoms with Gasteiger partial charge < -0.3 is 5.32 Å². The Bertz CT molecular complexity index is 791. The highest BCUT2D eigenvalue weighted by Crippen LogP contribution is 2.17. The molecule has 0 aliphatic rings. The largest absolute Gasteiger partial charge is 0.345 e. The molecule has 0 aliphatic carbocycles. The van der Waals surface area contributed by atoms with Crippen molar-refractivity contribution in [1.29, 1.82) is 0 Å². The topological polar surface area (TPSA) is 102 Å². The minimum absolute atomic E-state index is 0.000687. The average molecular weight is 340 g/mol. The third-order valence-corrected chi connectivity index (χ3v) is 4.16. The lowest BCUT2D eigenvalue weighted by Crippen LogP contribution is -2.27. The summed E-state index contributed by atoms with van der Waals surface area (Å²) in [6.07, 6.45) is 1.37. The van der Waals surface area contributed by atoms with Crippen LogP contribution in [-0.4, -0.2) is 19.3 Å². The summed E-state index contributed by atoms with van der Waals surface area (Å²) in [5.41, 5.74) is 0.987. The molecule has 0 bridgehead atoms. The number of primary sulfonamides is 1. The number of nitrogens with one attached hydrogen (secondary N) is 1. The summed E-state index contributed by atoms with van der Waals surface area (Å²) in [4.78, 5) is 15.9. The molecular weight excluding hydrogens is 326 g/mol. The Morgan fingerprint density at radius 1 is 1.32 bits per heavy atom. The van der Waals surface area contributed by atoms with Crippen molar-refractivity contribution in [2.75, 3.05) is 0 Å². The first kappa shape index (κ1) is 16.4. The molecule has 0 saturated heterocycles. The van der Waals surface area contributed by atoms with E-state index in [1.807, 2.05) is 0 Å². The van der Waals surface area contributed by atoms with E-state index in [0.717, 1.165) is 0 Å². The first-order chi connectivity index (χ1) is 10.3. The molecule has 22 heavy (non-hydrogen) atoms. The van der Waals surface area contributed by atoms with E-state index in [2.05, 4.69) is 10.3 Å². The number of nitrogens with two attached hydrogens (primary N) is 1. The molecule has 116 valence electrons. The van der Waals surface area contributed by atoms with E-state index >= 15 is 0 Å². The second-order valence-electron chi connectivity index (χ2n) is 4.68. The predicted molar refractivity (Wildman–Crippen MR) is 82.9 cm³/mol. The van der Waals surface area contributed by atoms with Crippen molar-refractivity contribution < 1.29 is 13.2 Å². The van der Waals surface area contributed by atoms with Crippen molar-refractivity contribution in [1.82, 2.24) is 10.3 Å². The van der Waals surface area contributed by atoms with Crippen LogP contribution in [0.3, 0.4) is 0 Å². The van der Waals surface area contributed by atoms with Gasteiger partial charge in [-0.2, -0.15) is 0 Å². The van der Waals surface area contributed by atoms with Crippen LogP contribution in [0.4, 0.5) is 0 Å². The van der Waals surface area contributed by atoms with Crippen molar-refractivity contribution in [2.24, 2.45) is 5.14 Å². The highest BCUT2D eigenvalue weighted by molar-refractivity contribution is 7.89. The summed E-state index contributed by atoms with van der Waals surface area (Å²) in [6.45, 7) is 1.74. The van der Waals surface area contributed by atoms with Gasteiger partial charge in [-0.05, 0) is 36.8 Å². The summed E-state index contributed by atoms with van der Waals surface area (Å²) in [7, 11) is -3.78. The zero-order chi connectivity index (χ0) is 16.3. The van der Waals surface area contributed by atoms with Gasteiger partial charge in [0, 0.05) is 6.20 Å². The lowest BCUT2D eigenvalue weighted by Gasteiger charge is -2.15. The van der Waals surface area contributed by atoms with Crippen LogP contribution in [0.2, 0.25) is 5.15 Å². The van der Waals surface area contributed by atoms with Crippen LogP contribution in [0, 0.1) is 0 Å². The summed E-state index contributed by atoms with van der Waals surface area (Å²) in [5, 5.41) is 8.15. The minimum atomic E-state index is -3.78. The number of rotatable bonds is 4. The second kappa shape index (κ2) is 6.43. The Kier molecular flexibility index (Phi) is 4.80. The highest BCUT2D eigenvalue weighted by atomic mass is 35.5. The molecule has 1 atom stereocenters. The van der Waals surface area contributed by atoms with E-state index < -0.39 is 16.1 Å². The van der Waals surface area contributed by atoms with Crippen LogP contribution in [0.15, 0.2) is 47.5 Å². The van der Waals surface area contributed by atoms with Gasteiger partial charge in [0.25, 0.3) is 5.91 Å². The standard InChI is InChI=1S/C14H14ClN3O3S/c1-9(10-3-2-4-12(7-10)22(16,20)21)18-14(19)11-5-6-13(15)17-8-11/h2-9H,1H3,(H,18,19)(H2,16,20,21). The molecule has 1 unspecified atom stereocenters. The number of amides is 1. The van der Waals surface area contributed by atoms with Crippen molar-refractivity contribution in [3.8, 4) is 0 Å². The monoisotopic (exact) mass is 339 g/mol. The number of sulfonamides is 1. The zero-order valence-electron chi connectivity index (χ0n) is 11.7. The number of aromatic nitrogens is 1. The van der Waals surface area contributed by atoms with Crippen molar-refractivity contribution >= 4 is 27.5 Å². The fourth-order valence-corrected chi connectivity index (χ4v) is 2.51. The Balaban J connectivity index is 2.17. The zero-order valence-corrected chi connectivity index (χ0v) is 13.2. The number of carbonyl (C=O) groups excluding carboxylic acids is 1. The normalized spacial score (nSPS) is 12.7. The molecule has 0 radical (unpaired) electrons. The summed E-state index contributed by atoms with van der Waals surface area (Å²) in [5.74, 6) is -0.335. The number of carbonyl (C=O) groups is 1. The molecular formula is C14H14ClN3O3S. The Labute approximate surface area is 133 Å². The van der Waals surface area contributed by atoms with Gasteiger partial charge in [-0.3, -0.25) is 4.79 Å². The lowest BCUT2D eigenvalue weighted by atomic mass is 10.1. The van der Waals surface area contributed by atoms with E-state index in [0.29, 0.717) is 16.3 Å². The fraction of sp³-hybridized carbons (Fsp3) is 0.143. The van der Waals surface area contributed by atoms with Gasteiger partial charge in [-0.25, -0.2) is 18.5 Å². The summed E-state index contributed by atoms with van der Waals surface area (Å²) in [6, 6.07) is 8.78. The second-order valence-corrected chi connectivity index (χ2v) is 6.63. The van der Waals surface area contributed by atoms with Crippen LogP contribution in [0.5, 0.6) is 0 Å². The Morgan fingerprint density at radius 2 is 2.05 bits per heavy atom. The Hall–Kier alpha value is -1.96. The number of benzene rings is 1. The van der Waals surface area contributed by atoms with Crippen LogP contribution in [0.1, 0.15) is 28.9 Å². The molecule has 1 aromatic heterocycles. The maximum atomic E-state index is 12.1. The van der Waals surface area contributed by atoms with Gasteiger partial charge in [0.15, 0.2) is 0 Å². The van der Waals surface area contributed by atoms with Crippen LogP contribution < -0.4 is 10.5 Å². The van der Waals surface area contributed by atoms with Crippen molar-refractivity contribution in [3.63, 3.8) is 0 Å². The third-order valence-electron chi connectivity index (χ3n) is 3.02. The lowest BCUT2D eigenvalue weighted by molar-refractivity contribution is 0.0939. The first-order valence-corrected chi connectivity index (χ1v) is 8.25. The SMILES string of the molecule is CC(NC(=O)c1ccc(Cl)nc1)c1cccc(S(N)(=O)=O)c1. The number of pyridine rings is 1. The van der Waals surface area contributed by atoms with Gasteiger partial charge in [0.1, 0.15) is 5.15 Å². The fourth-order valence-electron chi connectivity index (χ4n) is 1.83. The van der Waals surface area contributed by atoms with Crippen LogP contribution in [-0.2, 0) is 10.0 Å². The van der Waals surface area contributed by atoms with Crippen molar-refractivity contribution in [3.05, 3.63) is 58.9 Å². The summed E-state index contributed by atoms with van der Waals surface area (Å²) < 4.78 is 22.7. The number of hydrogen-bond donors (Lipinski definition) is 2. The van der Waals surface area contributed by atoms with Crippen LogP contribution in [0.25, 0.3) is 0 Å². The molecule has 0 fully saturated rings. The Morgan fingerprint density at radius 3 is 2.64 bits per heavy atom. The maximum Gasteiger partial charge on any atom is 0.253 e. The van der Waals surface area contributed by atoms with Gasteiger partial charge in [0.05, 0.1) is 16.5 Å². The quantitative estimate of drug-likeness (QED) is 0.830. The third kappa shape index (κ3) is 4.03. The van der Waals surface area contributed by atoms with Gasteiger partial charge in [-0.1, -0.05) is 23.7 Å². The molecule has 8 heteroatoms. The highest BCUT2D eigenvalue weighted by Gasteiger charge is 2.14. The minimum Gasteiger partial charge on any atom is -0.345 e. The van der Waals surface area contributed by atoms with E-state index in [1.165, 1.54) is 24.4 Å². The molecule has 0 saturated carbocycles. The maximum absolute atomic E-state index is 12.1. The smallest absolute Gasteiger partial charge is 0.253 e. The average Bonchev–Trinajstić information content (AvgIpc) is 2.47. The molecule has 6 nitrogen and oxygen atoms in total. The number of nitrogens with zero attached hydrogens (tertiary/aromatic N) is 1. The van der Waals surface area contributed by atoms with E-state index in [1.54, 1.807) is 25.1 Å². The van der Waals surface area contributed by atoms with Crippen molar-refractivity contribution in [2.45, 2.75) is 17.9 Å². The van der Waals surface area contributed by atoms with Gasteiger partial charge in [0.2, 0.25) is 10.0 Å². The molecule has 1 amide bonds. The molecule has 0 spiro atoms. The molecule has 3 N–H and O–H groups in total. The number of halogens is 1. The predicted octanol–water partition coefficient (Wildman–Crippen LogP) is 1.87. The van der Waals surface area contributed by atoms with Gasteiger partial charge >= 0.3 is 0 Å². The van der Waals surface area contributed by atoms with Crippen LogP contribution >= 0.6 is 11.6 Å².